The van der Waals surface area contributed by atoms with E-state index in [0.29, 0.717) is 0 Å². The number of rotatable bonds is 12. The van der Waals surface area contributed by atoms with Crippen LogP contribution in [-0.4, -0.2) is 12.1 Å². The van der Waals surface area contributed by atoms with E-state index in [0.717, 1.165) is 43.4 Å². The second kappa shape index (κ2) is 9.60. The van der Waals surface area contributed by atoms with Crippen molar-refractivity contribution in [3.8, 4) is 0 Å². The average Bonchev–Trinajstić information content (AvgIpc) is 2.59. The van der Waals surface area contributed by atoms with Gasteiger partial charge < -0.3 is 4.74 Å². The summed E-state index contributed by atoms with van der Waals surface area (Å²) in [7, 11) is 0. The standard InChI is InChI=1S/C24H42O2/c1-3-4-5-6-7-8-9-10-11-12-19(2)26-23(25)24-16-20-13-21(17-24)15-22(14-20)18-24/h19-22H,3-18H2,1-2H3. The Hall–Kier alpha value is -0.530. The second-order valence-corrected chi connectivity index (χ2v) is 10.0. The first-order valence-electron chi connectivity index (χ1n) is 11.8. The van der Waals surface area contributed by atoms with E-state index >= 15 is 0 Å². The van der Waals surface area contributed by atoms with E-state index in [4.69, 9.17) is 4.74 Å². The fraction of sp³-hybridized carbons (Fsp3) is 0.958. The highest BCUT2D eigenvalue weighted by Crippen LogP contribution is 2.60. The monoisotopic (exact) mass is 362 g/mol. The van der Waals surface area contributed by atoms with E-state index in [1.165, 1.54) is 77.0 Å². The molecule has 150 valence electrons. The van der Waals surface area contributed by atoms with E-state index in [-0.39, 0.29) is 17.5 Å². The summed E-state index contributed by atoms with van der Waals surface area (Å²) in [4.78, 5) is 12.9. The number of ether oxygens (including phenoxy) is 1. The van der Waals surface area contributed by atoms with Crippen LogP contribution in [0.15, 0.2) is 0 Å². The molecule has 26 heavy (non-hydrogen) atoms. The molecule has 4 bridgehead atoms. The van der Waals surface area contributed by atoms with E-state index in [1.807, 2.05) is 0 Å². The lowest BCUT2D eigenvalue weighted by Crippen LogP contribution is -2.51. The van der Waals surface area contributed by atoms with Gasteiger partial charge in [-0.15, -0.1) is 0 Å². The molecule has 2 nitrogen and oxygen atoms in total. The van der Waals surface area contributed by atoms with Crippen molar-refractivity contribution in [2.75, 3.05) is 0 Å². The quantitative estimate of drug-likeness (QED) is 0.274. The predicted molar refractivity (Wildman–Crippen MR) is 108 cm³/mol. The minimum absolute atomic E-state index is 0.0818. The molecular weight excluding hydrogens is 320 g/mol. The summed E-state index contributed by atoms with van der Waals surface area (Å²) in [5.41, 5.74) is -0.0818. The molecule has 0 amide bonds. The number of hydrogen-bond donors (Lipinski definition) is 0. The normalized spacial score (nSPS) is 33.4. The Labute approximate surface area is 161 Å². The first kappa shape index (κ1) is 20.2. The molecule has 0 aliphatic heterocycles. The van der Waals surface area contributed by atoms with Crippen molar-refractivity contribution in [2.45, 2.75) is 123 Å². The van der Waals surface area contributed by atoms with Gasteiger partial charge >= 0.3 is 5.97 Å². The van der Waals surface area contributed by atoms with Gasteiger partial charge in [0.1, 0.15) is 0 Å². The number of hydrogen-bond acceptors (Lipinski definition) is 2. The van der Waals surface area contributed by atoms with Crippen molar-refractivity contribution in [3.05, 3.63) is 0 Å². The van der Waals surface area contributed by atoms with E-state index < -0.39 is 0 Å². The Kier molecular flexibility index (Phi) is 7.46. The number of carbonyl (C=O) groups is 1. The molecule has 0 aromatic heterocycles. The molecule has 1 atom stereocenters. The predicted octanol–water partition coefficient (Wildman–Crippen LogP) is 7.06. The Bertz CT molecular complexity index is 406. The molecule has 1 unspecified atom stereocenters. The minimum Gasteiger partial charge on any atom is -0.462 e. The van der Waals surface area contributed by atoms with Crippen LogP contribution in [0.3, 0.4) is 0 Å². The molecule has 0 aromatic carbocycles. The van der Waals surface area contributed by atoms with Crippen molar-refractivity contribution in [3.63, 3.8) is 0 Å². The topological polar surface area (TPSA) is 26.3 Å². The van der Waals surface area contributed by atoms with Crippen LogP contribution in [0.4, 0.5) is 0 Å². The van der Waals surface area contributed by atoms with Crippen molar-refractivity contribution < 1.29 is 9.53 Å². The summed E-state index contributed by atoms with van der Waals surface area (Å²) in [6.45, 7) is 4.39. The van der Waals surface area contributed by atoms with Gasteiger partial charge in [0.25, 0.3) is 0 Å². The van der Waals surface area contributed by atoms with Gasteiger partial charge in [-0.05, 0) is 76.0 Å². The van der Waals surface area contributed by atoms with Crippen molar-refractivity contribution in [1.29, 1.82) is 0 Å². The Balaban J connectivity index is 1.28. The van der Waals surface area contributed by atoms with E-state index in [2.05, 4.69) is 13.8 Å². The lowest BCUT2D eigenvalue weighted by Gasteiger charge is -2.55. The second-order valence-electron chi connectivity index (χ2n) is 10.0. The third kappa shape index (κ3) is 5.26. The zero-order valence-electron chi connectivity index (χ0n) is 17.4. The Morgan fingerprint density at radius 3 is 1.81 bits per heavy atom. The highest BCUT2D eigenvalue weighted by molar-refractivity contribution is 5.77. The maximum Gasteiger partial charge on any atom is 0.312 e. The molecule has 4 saturated carbocycles. The fourth-order valence-corrected chi connectivity index (χ4v) is 6.47. The third-order valence-corrected chi connectivity index (χ3v) is 7.49. The van der Waals surface area contributed by atoms with Gasteiger partial charge in [-0.25, -0.2) is 0 Å². The molecule has 4 aliphatic rings. The van der Waals surface area contributed by atoms with Gasteiger partial charge in [0, 0.05) is 0 Å². The minimum atomic E-state index is -0.0818. The number of esters is 1. The van der Waals surface area contributed by atoms with Gasteiger partial charge in [-0.3, -0.25) is 4.79 Å². The zero-order valence-corrected chi connectivity index (χ0v) is 17.4. The maximum atomic E-state index is 12.9. The van der Waals surface area contributed by atoms with Crippen molar-refractivity contribution in [2.24, 2.45) is 23.2 Å². The van der Waals surface area contributed by atoms with Crippen LogP contribution in [-0.2, 0) is 9.53 Å². The Morgan fingerprint density at radius 2 is 1.31 bits per heavy atom. The SMILES string of the molecule is CCCCCCCCCCCC(C)OC(=O)C12CC3CC(CC(C3)C1)C2. The number of carbonyl (C=O) groups excluding carboxylic acids is 1. The average molecular weight is 363 g/mol. The molecule has 0 saturated heterocycles. The third-order valence-electron chi connectivity index (χ3n) is 7.49. The van der Waals surface area contributed by atoms with Crippen LogP contribution in [0.25, 0.3) is 0 Å². The molecule has 0 heterocycles. The molecule has 0 spiro atoms. The van der Waals surface area contributed by atoms with Crippen LogP contribution < -0.4 is 0 Å². The van der Waals surface area contributed by atoms with Crippen LogP contribution in [0, 0.1) is 23.2 Å². The lowest BCUT2D eigenvalue weighted by molar-refractivity contribution is -0.176. The highest BCUT2D eigenvalue weighted by atomic mass is 16.5. The Morgan fingerprint density at radius 1 is 0.846 bits per heavy atom. The summed E-state index contributed by atoms with van der Waals surface area (Å²) < 4.78 is 5.97. The highest BCUT2D eigenvalue weighted by Gasteiger charge is 2.55. The largest absolute Gasteiger partial charge is 0.462 e. The molecule has 0 radical (unpaired) electrons. The molecule has 4 aliphatic carbocycles. The van der Waals surface area contributed by atoms with Gasteiger partial charge in [0.2, 0.25) is 0 Å². The summed E-state index contributed by atoms with van der Waals surface area (Å²) in [6, 6.07) is 0. The summed E-state index contributed by atoms with van der Waals surface area (Å²) in [5, 5.41) is 0. The molecule has 4 fully saturated rings. The van der Waals surface area contributed by atoms with E-state index in [1.54, 1.807) is 0 Å². The van der Waals surface area contributed by atoms with Gasteiger partial charge in [-0.1, -0.05) is 58.3 Å². The van der Waals surface area contributed by atoms with Gasteiger partial charge in [0.05, 0.1) is 11.5 Å². The summed E-state index contributed by atoms with van der Waals surface area (Å²) in [6.07, 6.45) is 20.9. The fourth-order valence-electron chi connectivity index (χ4n) is 6.47. The molecule has 0 aromatic rings. The molecule has 0 N–H and O–H groups in total. The lowest BCUT2D eigenvalue weighted by atomic mass is 9.49. The summed E-state index contributed by atoms with van der Waals surface area (Å²) >= 11 is 0. The van der Waals surface area contributed by atoms with Crippen molar-refractivity contribution >= 4 is 5.97 Å². The zero-order chi connectivity index (χ0) is 18.4. The summed E-state index contributed by atoms with van der Waals surface area (Å²) in [5.74, 6) is 2.63. The molecule has 2 heteroatoms. The van der Waals surface area contributed by atoms with E-state index in [9.17, 15) is 4.79 Å². The molecule has 4 rings (SSSR count). The maximum absolute atomic E-state index is 12.9. The van der Waals surface area contributed by atoms with Gasteiger partial charge in [0.15, 0.2) is 0 Å². The smallest absolute Gasteiger partial charge is 0.312 e. The first-order chi connectivity index (χ1) is 12.6. The van der Waals surface area contributed by atoms with Crippen molar-refractivity contribution in [1.82, 2.24) is 0 Å². The first-order valence-corrected chi connectivity index (χ1v) is 11.8. The van der Waals surface area contributed by atoms with Crippen LogP contribution in [0.5, 0.6) is 0 Å². The molecular formula is C24H42O2. The van der Waals surface area contributed by atoms with Crippen LogP contribution in [0.2, 0.25) is 0 Å². The van der Waals surface area contributed by atoms with Crippen LogP contribution >= 0.6 is 0 Å². The number of unbranched alkanes of at least 4 members (excludes halogenated alkanes) is 8. The van der Waals surface area contributed by atoms with Gasteiger partial charge in [-0.2, -0.15) is 0 Å². The van der Waals surface area contributed by atoms with Crippen LogP contribution in [0.1, 0.15) is 117 Å².